The number of anilines is 1. The molecule has 0 aliphatic carbocycles. The van der Waals surface area contributed by atoms with E-state index in [1.807, 2.05) is 18.2 Å². The summed E-state index contributed by atoms with van der Waals surface area (Å²) in [5.41, 5.74) is 1.20. The molecule has 0 bridgehead atoms. The Bertz CT molecular complexity index is 674. The summed E-state index contributed by atoms with van der Waals surface area (Å²) >= 11 is 7.42. The van der Waals surface area contributed by atoms with E-state index in [1.54, 1.807) is 37.4 Å². The number of rotatable bonds is 5. The maximum Gasteiger partial charge on any atom is 0.251 e. The Hall–Kier alpha value is -1.98. The van der Waals surface area contributed by atoms with Crippen LogP contribution in [-0.4, -0.2) is 24.6 Å². The van der Waals surface area contributed by atoms with E-state index in [4.69, 9.17) is 11.6 Å². The van der Waals surface area contributed by atoms with Crippen LogP contribution >= 0.6 is 23.4 Å². The van der Waals surface area contributed by atoms with Crippen molar-refractivity contribution in [2.24, 2.45) is 0 Å². The van der Waals surface area contributed by atoms with E-state index in [2.05, 4.69) is 10.6 Å². The van der Waals surface area contributed by atoms with Crippen LogP contribution < -0.4 is 10.6 Å². The number of hydrogen-bond acceptors (Lipinski definition) is 3. The Kier molecular flexibility index (Phi) is 5.86. The van der Waals surface area contributed by atoms with Gasteiger partial charge >= 0.3 is 0 Å². The number of benzene rings is 2. The Labute approximate surface area is 138 Å². The number of carbonyl (C=O) groups excluding carboxylic acids is 2. The first-order chi connectivity index (χ1) is 10.6. The summed E-state index contributed by atoms with van der Waals surface area (Å²) < 4.78 is 0. The smallest absolute Gasteiger partial charge is 0.251 e. The van der Waals surface area contributed by atoms with Crippen molar-refractivity contribution in [1.82, 2.24) is 5.32 Å². The van der Waals surface area contributed by atoms with Gasteiger partial charge in [0.1, 0.15) is 0 Å². The molecule has 2 rings (SSSR count). The molecule has 2 N–H and O–H groups in total. The first-order valence-electron chi connectivity index (χ1n) is 6.59. The number of carbonyl (C=O) groups is 2. The van der Waals surface area contributed by atoms with Crippen molar-refractivity contribution in [1.29, 1.82) is 0 Å². The van der Waals surface area contributed by atoms with Crippen molar-refractivity contribution < 1.29 is 9.59 Å². The van der Waals surface area contributed by atoms with Gasteiger partial charge in [-0.05, 0) is 36.4 Å². The Morgan fingerprint density at radius 2 is 1.77 bits per heavy atom. The fourth-order valence-corrected chi connectivity index (χ4v) is 2.79. The molecule has 2 amide bonds. The van der Waals surface area contributed by atoms with Gasteiger partial charge < -0.3 is 10.6 Å². The van der Waals surface area contributed by atoms with Crippen LogP contribution in [0.4, 0.5) is 5.69 Å². The largest absolute Gasteiger partial charge is 0.355 e. The maximum atomic E-state index is 11.9. The zero-order chi connectivity index (χ0) is 15.9. The van der Waals surface area contributed by atoms with Crippen LogP contribution in [0.15, 0.2) is 53.4 Å². The third-order valence-electron chi connectivity index (χ3n) is 2.85. The molecule has 0 aliphatic heterocycles. The second kappa shape index (κ2) is 7.87. The summed E-state index contributed by atoms with van der Waals surface area (Å²) in [6.45, 7) is 0. The lowest BCUT2D eigenvalue weighted by Crippen LogP contribution is -2.18. The van der Waals surface area contributed by atoms with Crippen molar-refractivity contribution in [3.8, 4) is 0 Å². The van der Waals surface area contributed by atoms with Gasteiger partial charge in [0.15, 0.2) is 0 Å². The van der Waals surface area contributed by atoms with Crippen LogP contribution in [0.1, 0.15) is 10.4 Å². The summed E-state index contributed by atoms with van der Waals surface area (Å²) in [5.74, 6) is -0.0224. The van der Waals surface area contributed by atoms with Crippen LogP contribution in [0.5, 0.6) is 0 Å². The molecule has 0 saturated carbocycles. The second-order valence-corrected chi connectivity index (χ2v) is 5.85. The van der Waals surface area contributed by atoms with Crippen LogP contribution in [0.25, 0.3) is 0 Å². The van der Waals surface area contributed by atoms with E-state index >= 15 is 0 Å². The molecule has 0 atom stereocenters. The van der Waals surface area contributed by atoms with E-state index in [9.17, 15) is 9.59 Å². The summed E-state index contributed by atoms with van der Waals surface area (Å²) in [6, 6.07) is 14.1. The predicted molar refractivity (Wildman–Crippen MR) is 90.6 cm³/mol. The third-order valence-corrected chi connectivity index (χ3v) is 4.37. The molecule has 0 radical (unpaired) electrons. The van der Waals surface area contributed by atoms with E-state index < -0.39 is 0 Å². The zero-order valence-corrected chi connectivity index (χ0v) is 13.5. The number of halogens is 1. The van der Waals surface area contributed by atoms with Gasteiger partial charge in [0.05, 0.1) is 10.8 Å². The average molecular weight is 335 g/mol. The van der Waals surface area contributed by atoms with Gasteiger partial charge in [0, 0.05) is 23.2 Å². The highest BCUT2D eigenvalue weighted by atomic mass is 35.5. The molecule has 22 heavy (non-hydrogen) atoms. The number of hydrogen-bond donors (Lipinski definition) is 2. The molecule has 0 unspecified atom stereocenters. The maximum absolute atomic E-state index is 11.9. The van der Waals surface area contributed by atoms with E-state index in [0.717, 1.165) is 4.90 Å². The van der Waals surface area contributed by atoms with E-state index in [-0.39, 0.29) is 17.6 Å². The monoisotopic (exact) mass is 334 g/mol. The summed E-state index contributed by atoms with van der Waals surface area (Å²) in [4.78, 5) is 24.2. The Balaban J connectivity index is 1.89. The second-order valence-electron chi connectivity index (χ2n) is 4.42. The van der Waals surface area contributed by atoms with Gasteiger partial charge in [-0.25, -0.2) is 0 Å². The fourth-order valence-electron chi connectivity index (χ4n) is 1.75. The highest BCUT2D eigenvalue weighted by molar-refractivity contribution is 8.00. The molecule has 0 spiro atoms. The zero-order valence-electron chi connectivity index (χ0n) is 11.9. The fraction of sp³-hybridized carbons (Fsp3) is 0.125. The summed E-state index contributed by atoms with van der Waals surface area (Å²) in [6.07, 6.45) is 0. The molecule has 2 aromatic carbocycles. The highest BCUT2D eigenvalue weighted by Crippen LogP contribution is 2.26. The molecular weight excluding hydrogens is 320 g/mol. The summed E-state index contributed by atoms with van der Waals surface area (Å²) in [5, 5.41) is 5.96. The molecule has 6 heteroatoms. The van der Waals surface area contributed by atoms with Crippen LogP contribution in [0, 0.1) is 0 Å². The average Bonchev–Trinajstić information content (AvgIpc) is 2.54. The van der Waals surface area contributed by atoms with Crippen LogP contribution in [-0.2, 0) is 4.79 Å². The van der Waals surface area contributed by atoms with Gasteiger partial charge in [-0.1, -0.05) is 23.7 Å². The molecule has 0 aliphatic rings. The lowest BCUT2D eigenvalue weighted by Gasteiger charge is -2.07. The van der Waals surface area contributed by atoms with Crippen molar-refractivity contribution in [3.05, 3.63) is 59.1 Å². The standard InChI is InChI=1S/C16H15ClN2O2S/c1-18-16(21)11-6-8-12(9-7-11)19-15(20)10-22-14-5-3-2-4-13(14)17/h2-9H,10H2,1H3,(H,18,21)(H,19,20). The molecule has 0 heterocycles. The minimum absolute atomic E-state index is 0.127. The first kappa shape index (κ1) is 16.4. The Morgan fingerprint density at radius 1 is 1.09 bits per heavy atom. The van der Waals surface area contributed by atoms with Crippen molar-refractivity contribution in [3.63, 3.8) is 0 Å². The number of nitrogens with one attached hydrogen (secondary N) is 2. The quantitative estimate of drug-likeness (QED) is 0.824. The van der Waals surface area contributed by atoms with Crippen molar-refractivity contribution >= 4 is 40.9 Å². The molecule has 0 aromatic heterocycles. The van der Waals surface area contributed by atoms with Gasteiger partial charge in [-0.3, -0.25) is 9.59 Å². The topological polar surface area (TPSA) is 58.2 Å². The minimum atomic E-state index is -0.160. The first-order valence-corrected chi connectivity index (χ1v) is 7.96. The summed E-state index contributed by atoms with van der Waals surface area (Å²) in [7, 11) is 1.57. The van der Waals surface area contributed by atoms with Gasteiger partial charge in [0.25, 0.3) is 5.91 Å². The number of amides is 2. The van der Waals surface area contributed by atoms with Crippen molar-refractivity contribution in [2.75, 3.05) is 18.1 Å². The molecule has 0 fully saturated rings. The normalized spacial score (nSPS) is 10.1. The highest BCUT2D eigenvalue weighted by Gasteiger charge is 2.07. The van der Waals surface area contributed by atoms with Gasteiger partial charge in [-0.15, -0.1) is 11.8 Å². The molecule has 0 saturated heterocycles. The van der Waals surface area contributed by atoms with E-state index in [0.29, 0.717) is 16.3 Å². The molecule has 4 nitrogen and oxygen atoms in total. The third kappa shape index (κ3) is 4.51. The van der Waals surface area contributed by atoms with Crippen LogP contribution in [0.2, 0.25) is 5.02 Å². The predicted octanol–water partition coefficient (Wildman–Crippen LogP) is 3.43. The Morgan fingerprint density at radius 3 is 2.41 bits per heavy atom. The number of thioether (sulfide) groups is 1. The lowest BCUT2D eigenvalue weighted by molar-refractivity contribution is -0.113. The molecule has 114 valence electrons. The van der Waals surface area contributed by atoms with E-state index in [1.165, 1.54) is 11.8 Å². The molecular formula is C16H15ClN2O2S. The lowest BCUT2D eigenvalue weighted by atomic mass is 10.2. The molecule has 2 aromatic rings. The minimum Gasteiger partial charge on any atom is -0.355 e. The van der Waals surface area contributed by atoms with Gasteiger partial charge in [0.2, 0.25) is 5.91 Å². The van der Waals surface area contributed by atoms with Crippen LogP contribution in [0.3, 0.4) is 0 Å². The van der Waals surface area contributed by atoms with Gasteiger partial charge in [-0.2, -0.15) is 0 Å². The SMILES string of the molecule is CNC(=O)c1ccc(NC(=O)CSc2ccccc2Cl)cc1. The van der Waals surface area contributed by atoms with Crippen molar-refractivity contribution in [2.45, 2.75) is 4.90 Å².